The number of fused-ring (bicyclic) bond motifs is 1. The lowest BCUT2D eigenvalue weighted by Crippen LogP contribution is -2.32. The average molecular weight is 543 g/mol. The third-order valence-corrected chi connectivity index (χ3v) is 8.25. The smallest absolute Gasteiger partial charge is 0.303 e. The monoisotopic (exact) mass is 542 g/mol. The molecule has 0 saturated heterocycles. The van der Waals surface area contributed by atoms with E-state index in [0.29, 0.717) is 22.2 Å². The van der Waals surface area contributed by atoms with Crippen molar-refractivity contribution in [2.45, 2.75) is 79.4 Å². The maximum absolute atomic E-state index is 10.9. The van der Waals surface area contributed by atoms with Crippen LogP contribution in [0.2, 0.25) is 5.02 Å². The second kappa shape index (κ2) is 13.5. The number of carboxylic acids is 1. The summed E-state index contributed by atoms with van der Waals surface area (Å²) in [6.07, 6.45) is 3.74. The molecule has 2 N–H and O–H groups in total. The number of nitrogens with one attached hydrogen (secondary N) is 1. The summed E-state index contributed by atoms with van der Waals surface area (Å²) < 4.78 is 5.76. The highest BCUT2D eigenvalue weighted by molar-refractivity contribution is 8.22. The predicted octanol–water partition coefficient (Wildman–Crippen LogP) is 7.81. The van der Waals surface area contributed by atoms with E-state index in [-0.39, 0.29) is 12.5 Å². The predicted molar refractivity (Wildman–Crippen MR) is 156 cm³/mol. The van der Waals surface area contributed by atoms with Crippen molar-refractivity contribution in [2.75, 3.05) is 13.1 Å². The molecule has 0 radical (unpaired) electrons. The van der Waals surface area contributed by atoms with Crippen molar-refractivity contribution in [1.82, 2.24) is 4.90 Å². The van der Waals surface area contributed by atoms with Crippen LogP contribution in [0.5, 0.6) is 5.75 Å². The molecular weight excluding hydrogens is 504 g/mol. The molecule has 0 saturated carbocycles. The van der Waals surface area contributed by atoms with Crippen LogP contribution in [0.25, 0.3) is 4.91 Å². The zero-order valence-corrected chi connectivity index (χ0v) is 24.2. The molecule has 5 nitrogen and oxygen atoms in total. The van der Waals surface area contributed by atoms with Crippen molar-refractivity contribution in [3.8, 4) is 5.75 Å². The number of nitrogens with zero attached hydrogens (tertiary/aromatic N) is 1. The third-order valence-electron chi connectivity index (χ3n) is 6.74. The first-order valence-corrected chi connectivity index (χ1v) is 14.3. The summed E-state index contributed by atoms with van der Waals surface area (Å²) >= 11 is 7.97. The molecule has 0 aromatic heterocycles. The second-order valence-electron chi connectivity index (χ2n) is 9.81. The Morgan fingerprint density at radius 3 is 2.62 bits per heavy atom. The SMILES string of the molecule is CCC(C)=C(SC(=N)c1ccc(OC(C)C)c(Cl)c1)c1ccc2c(c1CC)CCN(CCCC(=O)O)C2. The number of carboxylic acid groups (broad SMARTS) is 1. The number of allylic oxidation sites excluding steroid dienone is 1. The van der Waals surface area contributed by atoms with E-state index in [1.54, 1.807) is 0 Å². The molecular formula is C30H39ClN2O3S. The minimum absolute atomic E-state index is 0.0345. The zero-order valence-electron chi connectivity index (χ0n) is 22.6. The summed E-state index contributed by atoms with van der Waals surface area (Å²) in [4.78, 5) is 14.4. The van der Waals surface area contributed by atoms with Crippen LogP contribution < -0.4 is 4.74 Å². The van der Waals surface area contributed by atoms with E-state index in [1.807, 2.05) is 32.0 Å². The Morgan fingerprint density at radius 2 is 2.00 bits per heavy atom. The van der Waals surface area contributed by atoms with Gasteiger partial charge in [-0.15, -0.1) is 0 Å². The number of rotatable bonds is 11. The first-order valence-electron chi connectivity index (χ1n) is 13.1. The van der Waals surface area contributed by atoms with E-state index >= 15 is 0 Å². The summed E-state index contributed by atoms with van der Waals surface area (Å²) in [6.45, 7) is 13.1. The molecule has 37 heavy (non-hydrogen) atoms. The quantitative estimate of drug-likeness (QED) is 0.224. The van der Waals surface area contributed by atoms with E-state index in [2.05, 4.69) is 37.8 Å². The van der Waals surface area contributed by atoms with Gasteiger partial charge in [0.15, 0.2) is 0 Å². The van der Waals surface area contributed by atoms with Gasteiger partial charge >= 0.3 is 5.97 Å². The van der Waals surface area contributed by atoms with Gasteiger partial charge in [-0.25, -0.2) is 0 Å². The van der Waals surface area contributed by atoms with Crippen LogP contribution in [0.15, 0.2) is 35.9 Å². The first-order chi connectivity index (χ1) is 17.6. The van der Waals surface area contributed by atoms with Crippen molar-refractivity contribution in [2.24, 2.45) is 0 Å². The highest BCUT2D eigenvalue weighted by Crippen LogP contribution is 2.40. The summed E-state index contributed by atoms with van der Waals surface area (Å²) in [5, 5.41) is 18.8. The fourth-order valence-corrected chi connectivity index (χ4v) is 6.03. The molecule has 200 valence electrons. The first kappa shape index (κ1) is 29.3. The maximum atomic E-state index is 10.9. The fourth-order valence-electron chi connectivity index (χ4n) is 4.74. The highest BCUT2D eigenvalue weighted by atomic mass is 35.5. The molecule has 0 bridgehead atoms. The molecule has 7 heteroatoms. The van der Waals surface area contributed by atoms with Crippen LogP contribution in [-0.2, 0) is 24.2 Å². The third kappa shape index (κ3) is 7.62. The molecule has 3 rings (SSSR count). The van der Waals surface area contributed by atoms with E-state index in [0.717, 1.165) is 49.4 Å². The molecule has 2 aromatic rings. The van der Waals surface area contributed by atoms with Gasteiger partial charge in [0.1, 0.15) is 5.75 Å². The van der Waals surface area contributed by atoms with E-state index in [9.17, 15) is 4.79 Å². The molecule has 0 aliphatic carbocycles. The van der Waals surface area contributed by atoms with Gasteiger partial charge in [0.05, 0.1) is 16.2 Å². The van der Waals surface area contributed by atoms with E-state index in [1.165, 1.54) is 39.6 Å². The van der Waals surface area contributed by atoms with E-state index in [4.69, 9.17) is 26.9 Å². The van der Waals surface area contributed by atoms with Crippen molar-refractivity contribution in [3.05, 3.63) is 68.7 Å². The molecule has 0 spiro atoms. The van der Waals surface area contributed by atoms with Crippen molar-refractivity contribution in [1.29, 1.82) is 5.41 Å². The maximum Gasteiger partial charge on any atom is 0.303 e. The summed E-state index contributed by atoms with van der Waals surface area (Å²) in [5.41, 5.74) is 7.39. The van der Waals surface area contributed by atoms with Crippen molar-refractivity contribution in [3.63, 3.8) is 0 Å². The van der Waals surface area contributed by atoms with Gasteiger partial charge in [0, 0.05) is 30.0 Å². The number of benzene rings is 2. The van der Waals surface area contributed by atoms with Gasteiger partial charge in [0.25, 0.3) is 0 Å². The lowest BCUT2D eigenvalue weighted by Gasteiger charge is -2.31. The van der Waals surface area contributed by atoms with Crippen LogP contribution >= 0.6 is 23.4 Å². The largest absolute Gasteiger partial charge is 0.489 e. The minimum Gasteiger partial charge on any atom is -0.489 e. The number of carbonyl (C=O) groups is 1. The van der Waals surface area contributed by atoms with Gasteiger partial charge in [-0.2, -0.15) is 0 Å². The van der Waals surface area contributed by atoms with Gasteiger partial charge in [-0.05, 0) is 93.5 Å². The number of thioether (sulfide) groups is 1. The van der Waals surface area contributed by atoms with Gasteiger partial charge in [-0.3, -0.25) is 15.1 Å². The molecule has 0 amide bonds. The number of hydrogen-bond donors (Lipinski definition) is 2. The topological polar surface area (TPSA) is 73.6 Å². The van der Waals surface area contributed by atoms with Gasteiger partial charge in [0.2, 0.25) is 0 Å². The molecule has 2 aromatic carbocycles. The lowest BCUT2D eigenvalue weighted by molar-refractivity contribution is -0.137. The Morgan fingerprint density at radius 1 is 1.24 bits per heavy atom. The van der Waals surface area contributed by atoms with Gasteiger partial charge in [-0.1, -0.05) is 54.9 Å². The Hall–Kier alpha value is -2.28. The lowest BCUT2D eigenvalue weighted by atomic mass is 9.88. The molecule has 0 atom stereocenters. The number of halogens is 1. The zero-order chi connectivity index (χ0) is 27.1. The van der Waals surface area contributed by atoms with Crippen LogP contribution in [0.3, 0.4) is 0 Å². The standard InChI is InChI=1S/C30H39ClN2O3S/c1-6-20(5)29(37-30(32)21-11-13-27(26(31)17-21)36-19(3)4)25-12-10-22-18-33(15-8-9-28(34)35)16-14-24(22)23(25)7-2/h10-13,17,19,32H,6-9,14-16,18H2,1-5H3,(H,34,35). The summed E-state index contributed by atoms with van der Waals surface area (Å²) in [5.74, 6) is -0.0928. The summed E-state index contributed by atoms with van der Waals surface area (Å²) in [7, 11) is 0. The molecule has 0 fully saturated rings. The highest BCUT2D eigenvalue weighted by Gasteiger charge is 2.23. The Kier molecular flexibility index (Phi) is 10.7. The average Bonchev–Trinajstić information content (AvgIpc) is 2.86. The van der Waals surface area contributed by atoms with Crippen LogP contribution in [0, 0.1) is 5.41 Å². The van der Waals surface area contributed by atoms with Crippen LogP contribution in [0.4, 0.5) is 0 Å². The van der Waals surface area contributed by atoms with E-state index < -0.39 is 5.97 Å². The van der Waals surface area contributed by atoms with Crippen molar-refractivity contribution < 1.29 is 14.6 Å². The Bertz CT molecular complexity index is 1180. The van der Waals surface area contributed by atoms with Crippen LogP contribution in [-0.4, -0.2) is 40.2 Å². The van der Waals surface area contributed by atoms with Crippen molar-refractivity contribution >= 4 is 39.3 Å². The van der Waals surface area contributed by atoms with Crippen LogP contribution in [0.1, 0.15) is 81.7 Å². The number of hydrogen-bond acceptors (Lipinski definition) is 5. The molecule has 1 heterocycles. The normalized spacial score (nSPS) is 14.4. The Balaban J connectivity index is 1.87. The molecule has 1 aliphatic heterocycles. The number of ether oxygens (including phenoxy) is 1. The summed E-state index contributed by atoms with van der Waals surface area (Å²) in [6, 6.07) is 10.0. The minimum atomic E-state index is -0.730. The number of aliphatic carboxylic acids is 1. The molecule has 0 unspecified atom stereocenters. The molecule has 1 aliphatic rings. The Labute approximate surface area is 230 Å². The van der Waals surface area contributed by atoms with Gasteiger partial charge < -0.3 is 9.84 Å². The second-order valence-corrected chi connectivity index (χ2v) is 11.2. The fraction of sp³-hybridized carbons (Fsp3) is 0.467.